The van der Waals surface area contributed by atoms with E-state index < -0.39 is 22.0 Å². The lowest BCUT2D eigenvalue weighted by molar-refractivity contribution is -0.140. The smallest absolute Gasteiger partial charge is 0.324 e. The zero-order valence-electron chi connectivity index (χ0n) is 9.87. The lowest BCUT2D eigenvalue weighted by Gasteiger charge is -2.13. The van der Waals surface area contributed by atoms with Gasteiger partial charge in [-0.05, 0) is 5.56 Å². The third-order valence-corrected chi connectivity index (χ3v) is 2.76. The Hall–Kier alpha value is -1.44. The average Bonchev–Trinajstić information content (AvgIpc) is 2.27. The van der Waals surface area contributed by atoms with Crippen molar-refractivity contribution in [3.63, 3.8) is 0 Å². The number of carboxylic acids is 1. The molecule has 1 aromatic carbocycles. The van der Waals surface area contributed by atoms with E-state index in [9.17, 15) is 13.2 Å². The van der Waals surface area contributed by atoms with Gasteiger partial charge in [-0.1, -0.05) is 30.3 Å². The molecule has 0 aliphatic carbocycles. The molecule has 0 saturated heterocycles. The number of hydrogen-bond donors (Lipinski definition) is 2. The number of sulfonamides is 1. The zero-order chi connectivity index (χ0) is 13.6. The van der Waals surface area contributed by atoms with Gasteiger partial charge in [0.1, 0.15) is 6.04 Å². The van der Waals surface area contributed by atoms with E-state index in [0.29, 0.717) is 0 Å². The van der Waals surface area contributed by atoms with Crippen LogP contribution in [0.25, 0.3) is 0 Å². The zero-order valence-corrected chi connectivity index (χ0v) is 10.7. The fraction of sp³-hybridized carbons (Fsp3) is 0.364. The molecule has 1 aromatic rings. The summed E-state index contributed by atoms with van der Waals surface area (Å²) in [5, 5.41) is 8.83. The molecule has 2 N–H and O–H groups in total. The van der Waals surface area contributed by atoms with Gasteiger partial charge in [-0.2, -0.15) is 4.72 Å². The average molecular weight is 273 g/mol. The van der Waals surface area contributed by atoms with Crippen LogP contribution < -0.4 is 4.72 Å². The van der Waals surface area contributed by atoms with E-state index in [2.05, 4.69) is 0 Å². The largest absolute Gasteiger partial charge is 0.480 e. The van der Waals surface area contributed by atoms with Gasteiger partial charge < -0.3 is 9.84 Å². The second-order valence-corrected chi connectivity index (χ2v) is 5.56. The number of ether oxygens (including phenoxy) is 1. The third-order valence-electron chi connectivity index (χ3n) is 2.05. The number of benzene rings is 1. The van der Waals surface area contributed by atoms with E-state index in [1.54, 1.807) is 0 Å². The molecule has 0 spiro atoms. The normalized spacial score (nSPS) is 13.2. The van der Waals surface area contributed by atoms with Gasteiger partial charge >= 0.3 is 5.97 Å². The molecule has 0 heterocycles. The van der Waals surface area contributed by atoms with Gasteiger partial charge in [0.15, 0.2) is 0 Å². The summed E-state index contributed by atoms with van der Waals surface area (Å²) in [5.41, 5.74) is 0.890. The summed E-state index contributed by atoms with van der Waals surface area (Å²) in [6.45, 7) is 0.00730. The first kappa shape index (κ1) is 14.6. The molecule has 0 amide bonds. The highest BCUT2D eigenvalue weighted by Crippen LogP contribution is 2.01. The minimum absolute atomic E-state index is 0.225. The quantitative estimate of drug-likeness (QED) is 0.740. The van der Waals surface area contributed by atoms with E-state index in [4.69, 9.17) is 9.84 Å². The van der Waals surface area contributed by atoms with Gasteiger partial charge in [0, 0.05) is 0 Å². The van der Waals surface area contributed by atoms with Gasteiger partial charge in [-0.25, -0.2) is 8.42 Å². The van der Waals surface area contributed by atoms with E-state index >= 15 is 0 Å². The lowest BCUT2D eigenvalue weighted by atomic mass is 10.2. The molecule has 1 rings (SSSR count). The van der Waals surface area contributed by atoms with Crippen molar-refractivity contribution < 1.29 is 23.1 Å². The molecule has 6 nitrogen and oxygen atoms in total. The lowest BCUT2D eigenvalue weighted by Crippen LogP contribution is -2.43. The molecule has 0 unspecified atom stereocenters. The van der Waals surface area contributed by atoms with Gasteiger partial charge in [-0.3, -0.25) is 4.79 Å². The standard InChI is InChI=1S/C11H15NO5S/c1-18(15,16)12-10(11(13)14)8-17-7-9-5-3-2-4-6-9/h2-6,10,12H,7-8H2,1H3,(H,13,14)/t10-/m0/s1. The van der Waals surface area contributed by atoms with Crippen LogP contribution in [0.5, 0.6) is 0 Å². The number of carbonyl (C=O) groups is 1. The molecule has 0 aromatic heterocycles. The van der Waals surface area contributed by atoms with Crippen LogP contribution in [0.15, 0.2) is 30.3 Å². The summed E-state index contributed by atoms with van der Waals surface area (Å²) in [6, 6.07) is 7.92. The van der Waals surface area contributed by atoms with Gasteiger partial charge in [0.25, 0.3) is 0 Å². The Balaban J connectivity index is 2.46. The predicted octanol–water partition coefficient (Wildman–Crippen LogP) is 0.206. The predicted molar refractivity (Wildman–Crippen MR) is 65.5 cm³/mol. The van der Waals surface area contributed by atoms with Crippen molar-refractivity contribution in [1.82, 2.24) is 4.72 Å². The maximum atomic E-state index is 10.9. The third kappa shape index (κ3) is 5.76. The van der Waals surface area contributed by atoms with Gasteiger partial charge in [0.05, 0.1) is 19.5 Å². The van der Waals surface area contributed by atoms with Crippen LogP contribution >= 0.6 is 0 Å². The van der Waals surface area contributed by atoms with Crippen LogP contribution in [0.3, 0.4) is 0 Å². The van der Waals surface area contributed by atoms with E-state index in [1.807, 2.05) is 35.1 Å². The number of hydrogen-bond acceptors (Lipinski definition) is 4. The Kier molecular flexibility index (Phi) is 5.26. The minimum atomic E-state index is -3.57. The number of aliphatic carboxylic acids is 1. The number of carboxylic acid groups (broad SMARTS) is 1. The molecular weight excluding hydrogens is 258 g/mol. The van der Waals surface area contributed by atoms with Crippen molar-refractivity contribution in [2.75, 3.05) is 12.9 Å². The van der Waals surface area contributed by atoms with Crippen molar-refractivity contribution in [3.05, 3.63) is 35.9 Å². The maximum absolute atomic E-state index is 10.9. The van der Waals surface area contributed by atoms with Crippen molar-refractivity contribution in [2.45, 2.75) is 12.6 Å². The van der Waals surface area contributed by atoms with Crippen LogP contribution in [-0.4, -0.2) is 38.4 Å². The molecule has 0 aliphatic rings. The molecule has 100 valence electrons. The van der Waals surface area contributed by atoms with E-state index in [-0.39, 0.29) is 13.2 Å². The Morgan fingerprint density at radius 1 is 1.39 bits per heavy atom. The summed E-state index contributed by atoms with van der Waals surface area (Å²) >= 11 is 0. The van der Waals surface area contributed by atoms with Crippen molar-refractivity contribution in [3.8, 4) is 0 Å². The molecule has 0 fully saturated rings. The molecule has 7 heteroatoms. The van der Waals surface area contributed by atoms with Gasteiger partial charge in [-0.15, -0.1) is 0 Å². The Morgan fingerprint density at radius 2 is 2.00 bits per heavy atom. The molecule has 0 aliphatic heterocycles. The highest BCUT2D eigenvalue weighted by Gasteiger charge is 2.21. The Morgan fingerprint density at radius 3 is 2.50 bits per heavy atom. The summed E-state index contributed by atoms with van der Waals surface area (Å²) in [6.07, 6.45) is 0.903. The molecular formula is C11H15NO5S. The summed E-state index contributed by atoms with van der Waals surface area (Å²) < 4.78 is 29.1. The van der Waals surface area contributed by atoms with Crippen LogP contribution in [-0.2, 0) is 26.2 Å². The van der Waals surface area contributed by atoms with Crippen molar-refractivity contribution >= 4 is 16.0 Å². The highest BCUT2D eigenvalue weighted by molar-refractivity contribution is 7.88. The van der Waals surface area contributed by atoms with Crippen LogP contribution in [0, 0.1) is 0 Å². The molecule has 0 radical (unpaired) electrons. The molecule has 0 bridgehead atoms. The monoisotopic (exact) mass is 273 g/mol. The van der Waals surface area contributed by atoms with Crippen LogP contribution in [0.4, 0.5) is 0 Å². The SMILES string of the molecule is CS(=O)(=O)N[C@@H](COCc1ccccc1)C(=O)O. The van der Waals surface area contributed by atoms with Crippen LogP contribution in [0.1, 0.15) is 5.56 Å². The number of nitrogens with one attached hydrogen (secondary N) is 1. The Bertz CT molecular complexity index is 485. The Labute approximate surface area is 106 Å². The molecule has 1 atom stereocenters. The minimum Gasteiger partial charge on any atom is -0.480 e. The molecule has 18 heavy (non-hydrogen) atoms. The fourth-order valence-electron chi connectivity index (χ4n) is 1.28. The highest BCUT2D eigenvalue weighted by atomic mass is 32.2. The topological polar surface area (TPSA) is 92.7 Å². The first-order chi connectivity index (χ1) is 8.38. The van der Waals surface area contributed by atoms with E-state index in [1.165, 1.54) is 0 Å². The second kappa shape index (κ2) is 6.48. The van der Waals surface area contributed by atoms with E-state index in [0.717, 1.165) is 11.8 Å². The molecule has 0 saturated carbocycles. The fourth-order valence-corrected chi connectivity index (χ4v) is 1.97. The summed E-state index contributed by atoms with van der Waals surface area (Å²) in [4.78, 5) is 10.8. The number of rotatable bonds is 7. The summed E-state index contributed by atoms with van der Waals surface area (Å²) in [5.74, 6) is -1.27. The van der Waals surface area contributed by atoms with Crippen LogP contribution in [0.2, 0.25) is 0 Å². The first-order valence-corrected chi connectivity index (χ1v) is 7.09. The van der Waals surface area contributed by atoms with Crippen molar-refractivity contribution in [1.29, 1.82) is 0 Å². The second-order valence-electron chi connectivity index (χ2n) is 3.78. The maximum Gasteiger partial charge on any atom is 0.324 e. The first-order valence-electron chi connectivity index (χ1n) is 5.20. The van der Waals surface area contributed by atoms with Gasteiger partial charge in [0.2, 0.25) is 10.0 Å². The summed E-state index contributed by atoms with van der Waals surface area (Å²) in [7, 11) is -3.57. The van der Waals surface area contributed by atoms with Crippen molar-refractivity contribution in [2.24, 2.45) is 0 Å².